The SMILES string of the molecule is CC(C)c1c(N)ncnc1N(C)C1CCCN(C)C1. The van der Waals surface area contributed by atoms with Gasteiger partial charge in [-0.2, -0.15) is 0 Å². The molecule has 2 N–H and O–H groups in total. The number of likely N-dealkylation sites (N-methyl/N-ethyl adjacent to an activating group) is 2. The van der Waals surface area contributed by atoms with Gasteiger partial charge in [0.2, 0.25) is 0 Å². The van der Waals surface area contributed by atoms with Crippen LogP contribution in [0.2, 0.25) is 0 Å². The van der Waals surface area contributed by atoms with E-state index in [-0.39, 0.29) is 0 Å². The van der Waals surface area contributed by atoms with Gasteiger partial charge >= 0.3 is 0 Å². The molecule has 1 unspecified atom stereocenters. The third-order valence-corrected chi connectivity index (χ3v) is 3.95. The van der Waals surface area contributed by atoms with Crippen LogP contribution in [0.3, 0.4) is 0 Å². The Bertz CT molecular complexity index is 432. The van der Waals surface area contributed by atoms with E-state index in [0.29, 0.717) is 17.8 Å². The summed E-state index contributed by atoms with van der Waals surface area (Å²) in [5.41, 5.74) is 7.10. The number of aromatic nitrogens is 2. The van der Waals surface area contributed by atoms with Crippen molar-refractivity contribution in [3.63, 3.8) is 0 Å². The van der Waals surface area contributed by atoms with Crippen LogP contribution >= 0.6 is 0 Å². The first-order chi connectivity index (χ1) is 9.00. The van der Waals surface area contributed by atoms with Crippen LogP contribution in [0.4, 0.5) is 11.6 Å². The van der Waals surface area contributed by atoms with Crippen molar-refractivity contribution in [2.24, 2.45) is 0 Å². The highest BCUT2D eigenvalue weighted by molar-refractivity contribution is 5.58. The standard InChI is InChI=1S/C14H25N5/c1-10(2)12-13(15)16-9-17-14(12)19(4)11-6-5-7-18(3)8-11/h9-11H,5-8H2,1-4H3,(H2,15,16,17). The van der Waals surface area contributed by atoms with Gasteiger partial charge in [0.1, 0.15) is 18.0 Å². The van der Waals surface area contributed by atoms with Crippen molar-refractivity contribution < 1.29 is 0 Å². The van der Waals surface area contributed by atoms with E-state index in [1.165, 1.54) is 19.4 Å². The molecule has 0 aromatic carbocycles. The lowest BCUT2D eigenvalue weighted by atomic mass is 10.0. The fourth-order valence-corrected chi connectivity index (χ4v) is 2.86. The van der Waals surface area contributed by atoms with Crippen molar-refractivity contribution in [3.05, 3.63) is 11.9 Å². The molecule has 1 aromatic heterocycles. The van der Waals surface area contributed by atoms with Crippen LogP contribution in [0.25, 0.3) is 0 Å². The van der Waals surface area contributed by atoms with Gasteiger partial charge in [-0.3, -0.25) is 0 Å². The van der Waals surface area contributed by atoms with Gasteiger partial charge < -0.3 is 15.5 Å². The van der Waals surface area contributed by atoms with Crippen molar-refractivity contribution in [3.8, 4) is 0 Å². The van der Waals surface area contributed by atoms with Crippen molar-refractivity contribution in [1.82, 2.24) is 14.9 Å². The normalized spacial score (nSPS) is 20.8. The molecule has 19 heavy (non-hydrogen) atoms. The Hall–Kier alpha value is -1.36. The van der Waals surface area contributed by atoms with E-state index >= 15 is 0 Å². The zero-order valence-electron chi connectivity index (χ0n) is 12.4. The molecular weight excluding hydrogens is 238 g/mol. The number of likely N-dealkylation sites (tertiary alicyclic amines) is 1. The Balaban J connectivity index is 2.28. The number of hydrogen-bond donors (Lipinski definition) is 1. The second-order valence-corrected chi connectivity index (χ2v) is 5.82. The molecule has 0 radical (unpaired) electrons. The first kappa shape index (κ1) is 14.1. The fraction of sp³-hybridized carbons (Fsp3) is 0.714. The van der Waals surface area contributed by atoms with E-state index in [1.807, 2.05) is 0 Å². The quantitative estimate of drug-likeness (QED) is 0.899. The summed E-state index contributed by atoms with van der Waals surface area (Å²) in [6.45, 7) is 6.55. The van der Waals surface area contributed by atoms with Crippen LogP contribution in [0, 0.1) is 0 Å². The summed E-state index contributed by atoms with van der Waals surface area (Å²) in [7, 11) is 4.30. The summed E-state index contributed by atoms with van der Waals surface area (Å²) in [6, 6.07) is 0.505. The van der Waals surface area contributed by atoms with E-state index < -0.39 is 0 Å². The molecule has 1 aromatic rings. The van der Waals surface area contributed by atoms with E-state index in [4.69, 9.17) is 5.73 Å². The van der Waals surface area contributed by atoms with Crippen LogP contribution in [0.15, 0.2) is 6.33 Å². The molecule has 106 valence electrons. The number of nitrogens with two attached hydrogens (primary N) is 1. The molecule has 1 atom stereocenters. The van der Waals surface area contributed by atoms with Crippen LogP contribution in [0.5, 0.6) is 0 Å². The van der Waals surface area contributed by atoms with Gasteiger partial charge in [-0.05, 0) is 32.4 Å². The van der Waals surface area contributed by atoms with Gasteiger partial charge in [0.15, 0.2) is 0 Å². The maximum Gasteiger partial charge on any atom is 0.137 e. The summed E-state index contributed by atoms with van der Waals surface area (Å²) in [4.78, 5) is 13.3. The highest BCUT2D eigenvalue weighted by Gasteiger charge is 2.25. The minimum atomic E-state index is 0.333. The minimum Gasteiger partial charge on any atom is -0.383 e. The number of nitrogen functional groups attached to an aromatic ring is 1. The van der Waals surface area contributed by atoms with Gasteiger partial charge in [-0.1, -0.05) is 13.8 Å². The molecule has 0 saturated carbocycles. The van der Waals surface area contributed by atoms with Gasteiger partial charge in [0.25, 0.3) is 0 Å². The smallest absolute Gasteiger partial charge is 0.137 e. The van der Waals surface area contributed by atoms with E-state index in [0.717, 1.165) is 17.9 Å². The number of rotatable bonds is 3. The summed E-state index contributed by atoms with van der Waals surface area (Å²) < 4.78 is 0. The third-order valence-electron chi connectivity index (χ3n) is 3.95. The van der Waals surface area contributed by atoms with Crippen molar-refractivity contribution in [2.45, 2.75) is 38.6 Å². The topological polar surface area (TPSA) is 58.3 Å². The number of hydrogen-bond acceptors (Lipinski definition) is 5. The zero-order chi connectivity index (χ0) is 14.0. The molecule has 1 fully saturated rings. The zero-order valence-corrected chi connectivity index (χ0v) is 12.4. The summed E-state index contributed by atoms with van der Waals surface area (Å²) in [6.07, 6.45) is 4.02. The monoisotopic (exact) mass is 263 g/mol. The first-order valence-corrected chi connectivity index (χ1v) is 7.02. The van der Waals surface area contributed by atoms with Crippen molar-refractivity contribution >= 4 is 11.6 Å². The fourth-order valence-electron chi connectivity index (χ4n) is 2.86. The van der Waals surface area contributed by atoms with E-state index in [2.05, 4.69) is 47.7 Å². The van der Waals surface area contributed by atoms with Gasteiger partial charge in [0.05, 0.1) is 0 Å². The average molecular weight is 263 g/mol. The molecule has 0 bridgehead atoms. The average Bonchev–Trinajstić information content (AvgIpc) is 2.37. The predicted molar refractivity (Wildman–Crippen MR) is 79.5 cm³/mol. The summed E-state index contributed by atoms with van der Waals surface area (Å²) >= 11 is 0. The summed E-state index contributed by atoms with van der Waals surface area (Å²) in [5, 5.41) is 0. The molecule has 5 heteroatoms. The predicted octanol–water partition coefficient (Wildman–Crippen LogP) is 1.71. The molecular formula is C14H25N5. The van der Waals surface area contributed by atoms with Crippen LogP contribution in [-0.2, 0) is 0 Å². The highest BCUT2D eigenvalue weighted by Crippen LogP contribution is 2.30. The molecule has 2 rings (SSSR count). The van der Waals surface area contributed by atoms with Gasteiger partial charge in [-0.25, -0.2) is 9.97 Å². The molecule has 1 saturated heterocycles. The maximum atomic E-state index is 6.03. The van der Waals surface area contributed by atoms with Gasteiger partial charge in [0, 0.05) is 25.2 Å². The highest BCUT2D eigenvalue weighted by atomic mass is 15.2. The molecule has 5 nitrogen and oxygen atoms in total. The Labute approximate surface area is 115 Å². The number of piperidine rings is 1. The van der Waals surface area contributed by atoms with Crippen molar-refractivity contribution in [2.75, 3.05) is 37.8 Å². The van der Waals surface area contributed by atoms with E-state index in [1.54, 1.807) is 6.33 Å². The van der Waals surface area contributed by atoms with Crippen molar-refractivity contribution in [1.29, 1.82) is 0 Å². The van der Waals surface area contributed by atoms with Crippen LogP contribution < -0.4 is 10.6 Å². The molecule has 0 amide bonds. The largest absolute Gasteiger partial charge is 0.383 e. The molecule has 1 aliphatic heterocycles. The maximum absolute atomic E-state index is 6.03. The summed E-state index contributed by atoms with van der Waals surface area (Å²) in [5.74, 6) is 1.93. The van der Waals surface area contributed by atoms with Crippen LogP contribution in [0.1, 0.15) is 38.2 Å². The van der Waals surface area contributed by atoms with E-state index in [9.17, 15) is 0 Å². The number of anilines is 2. The lowest BCUT2D eigenvalue weighted by molar-refractivity contribution is 0.247. The first-order valence-electron chi connectivity index (χ1n) is 7.02. The van der Waals surface area contributed by atoms with Crippen LogP contribution in [-0.4, -0.2) is 48.1 Å². The lowest BCUT2D eigenvalue weighted by Gasteiger charge is -2.37. The Kier molecular flexibility index (Phi) is 4.24. The minimum absolute atomic E-state index is 0.333. The molecule has 0 aliphatic carbocycles. The molecule has 2 heterocycles. The Morgan fingerprint density at radius 2 is 2.16 bits per heavy atom. The Morgan fingerprint density at radius 1 is 1.42 bits per heavy atom. The lowest BCUT2D eigenvalue weighted by Crippen LogP contribution is -2.45. The third kappa shape index (κ3) is 2.97. The second kappa shape index (κ2) is 5.74. The molecule has 1 aliphatic rings. The number of nitrogens with zero attached hydrogens (tertiary/aromatic N) is 4. The Morgan fingerprint density at radius 3 is 2.79 bits per heavy atom. The second-order valence-electron chi connectivity index (χ2n) is 5.82. The molecule has 0 spiro atoms. The van der Waals surface area contributed by atoms with Gasteiger partial charge in [-0.15, -0.1) is 0 Å².